The minimum atomic E-state index is -0.685. The van der Waals surface area contributed by atoms with Crippen molar-refractivity contribution in [2.75, 3.05) is 6.61 Å². The normalized spacial score (nSPS) is 13.2. The van der Waals surface area contributed by atoms with Gasteiger partial charge < -0.3 is 9.30 Å². The van der Waals surface area contributed by atoms with Crippen LogP contribution < -0.4 is 5.43 Å². The van der Waals surface area contributed by atoms with Crippen LogP contribution in [0.2, 0.25) is 0 Å². The average molecular weight is 451 g/mol. The summed E-state index contributed by atoms with van der Waals surface area (Å²) < 4.78 is 22.0. The maximum Gasteiger partial charge on any atom is 0.343 e. The summed E-state index contributed by atoms with van der Waals surface area (Å²) in [6, 6.07) is 6.60. The number of carbonyl (C=O) groups excluding carboxylic acids is 1. The van der Waals surface area contributed by atoms with E-state index in [0.29, 0.717) is 22.3 Å². The summed E-state index contributed by atoms with van der Waals surface area (Å²) >= 11 is 5.92. The predicted molar refractivity (Wildman–Crippen MR) is 117 cm³/mol. The van der Waals surface area contributed by atoms with E-state index in [1.807, 2.05) is 11.5 Å². The Bertz CT molecular complexity index is 1190. The van der Waals surface area contributed by atoms with Crippen molar-refractivity contribution in [1.82, 2.24) is 9.55 Å². The molecule has 1 aromatic carbocycles. The fourth-order valence-corrected chi connectivity index (χ4v) is 3.70. The highest BCUT2D eigenvalue weighted by Gasteiger charge is 2.28. The van der Waals surface area contributed by atoms with Gasteiger partial charge >= 0.3 is 5.97 Å². The second kappa shape index (κ2) is 8.74. The van der Waals surface area contributed by atoms with Crippen molar-refractivity contribution in [2.24, 2.45) is 0 Å². The molecule has 3 aromatic rings. The van der Waals surface area contributed by atoms with E-state index in [0.717, 1.165) is 18.5 Å². The molecule has 0 amide bonds. The first kappa shape index (κ1) is 22.2. The summed E-state index contributed by atoms with van der Waals surface area (Å²) in [4.78, 5) is 29.5. The number of halogens is 3. The van der Waals surface area contributed by atoms with Gasteiger partial charge in [-0.1, -0.05) is 0 Å². The number of alkyl halides is 1. The molecule has 0 atom stereocenters. The van der Waals surface area contributed by atoms with Gasteiger partial charge in [-0.25, -0.2) is 9.18 Å². The summed E-state index contributed by atoms with van der Waals surface area (Å²) in [7, 11) is 0. The summed E-state index contributed by atoms with van der Waals surface area (Å²) in [5, 5.41) is 0.173. The number of rotatable bonds is 5. The number of aryl methyl sites for hydroxylation is 1. The molecule has 5 nitrogen and oxygen atoms in total. The van der Waals surface area contributed by atoms with E-state index in [-0.39, 0.29) is 41.9 Å². The van der Waals surface area contributed by atoms with Crippen molar-refractivity contribution < 1.29 is 13.9 Å². The van der Waals surface area contributed by atoms with Crippen molar-refractivity contribution in [2.45, 2.75) is 38.6 Å². The van der Waals surface area contributed by atoms with Crippen molar-refractivity contribution in [3.63, 3.8) is 0 Å². The maximum absolute atomic E-state index is 15.1. The summed E-state index contributed by atoms with van der Waals surface area (Å²) in [6.07, 6.45) is 3.43. The first-order valence-corrected chi connectivity index (χ1v) is 10.1. The Morgan fingerprint density at radius 1 is 1.30 bits per heavy atom. The topological polar surface area (TPSA) is 61.2 Å². The summed E-state index contributed by atoms with van der Waals surface area (Å²) in [5.74, 6) is -1.00. The summed E-state index contributed by atoms with van der Waals surface area (Å²) in [5.41, 5.74) is 2.41. The molecule has 158 valence electrons. The smallest absolute Gasteiger partial charge is 0.343 e. The molecule has 0 N–H and O–H groups in total. The van der Waals surface area contributed by atoms with Gasteiger partial charge in [0.15, 0.2) is 0 Å². The van der Waals surface area contributed by atoms with Gasteiger partial charge in [0.25, 0.3) is 0 Å². The van der Waals surface area contributed by atoms with Gasteiger partial charge in [-0.2, -0.15) is 0 Å². The SMILES string of the molecule is CCOC(=O)c1cn(C2CC2)c2cc(-c3cc(C)nc(CCl)c3)c(F)cc2c1=O.Cl. The van der Waals surface area contributed by atoms with Gasteiger partial charge in [0.1, 0.15) is 11.4 Å². The van der Waals surface area contributed by atoms with Gasteiger partial charge in [0, 0.05) is 28.9 Å². The fourth-order valence-electron chi connectivity index (χ4n) is 3.56. The third kappa shape index (κ3) is 4.07. The van der Waals surface area contributed by atoms with Gasteiger partial charge in [-0.05, 0) is 56.5 Å². The zero-order valence-corrected chi connectivity index (χ0v) is 18.1. The third-order valence-corrected chi connectivity index (χ3v) is 5.28. The molecule has 0 aliphatic heterocycles. The van der Waals surface area contributed by atoms with E-state index < -0.39 is 17.2 Å². The van der Waals surface area contributed by atoms with Crippen LogP contribution in [0.4, 0.5) is 4.39 Å². The van der Waals surface area contributed by atoms with E-state index in [4.69, 9.17) is 16.3 Å². The monoisotopic (exact) mass is 450 g/mol. The molecule has 4 rings (SSSR count). The van der Waals surface area contributed by atoms with Crippen LogP contribution in [0.15, 0.2) is 35.3 Å². The van der Waals surface area contributed by atoms with Gasteiger partial charge in [-0.3, -0.25) is 9.78 Å². The number of benzene rings is 1. The lowest BCUT2D eigenvalue weighted by Gasteiger charge is -2.15. The number of ether oxygens (including phenoxy) is 1. The lowest BCUT2D eigenvalue weighted by Crippen LogP contribution is -2.21. The maximum atomic E-state index is 15.1. The standard InChI is InChI=1S/C22H20ClFN2O3.ClH/c1-3-29-22(28)18-11-26(15-4-5-15)20-9-16(19(24)8-17(20)21(18)27)13-6-12(2)25-14(7-13)10-23;/h6-9,11,15H,3-5,10H2,1-2H3;1H. The molecule has 30 heavy (non-hydrogen) atoms. The average Bonchev–Trinajstić information content (AvgIpc) is 3.53. The van der Waals surface area contributed by atoms with E-state index in [1.54, 1.807) is 31.3 Å². The number of aromatic nitrogens is 2. The Balaban J connectivity index is 0.00000256. The second-order valence-electron chi connectivity index (χ2n) is 7.20. The van der Waals surface area contributed by atoms with E-state index in [1.165, 1.54) is 6.07 Å². The van der Waals surface area contributed by atoms with Crippen LogP contribution in [0.3, 0.4) is 0 Å². The number of nitrogens with zero attached hydrogens (tertiary/aromatic N) is 2. The second-order valence-corrected chi connectivity index (χ2v) is 7.47. The van der Waals surface area contributed by atoms with Gasteiger partial charge in [0.2, 0.25) is 5.43 Å². The Hall–Kier alpha value is -2.44. The van der Waals surface area contributed by atoms with E-state index in [9.17, 15) is 9.59 Å². The van der Waals surface area contributed by atoms with Crippen LogP contribution in [0.25, 0.3) is 22.0 Å². The molecule has 0 unspecified atom stereocenters. The highest BCUT2D eigenvalue weighted by molar-refractivity contribution is 6.16. The zero-order chi connectivity index (χ0) is 20.7. The molecule has 1 aliphatic rings. The molecule has 2 heterocycles. The van der Waals surface area contributed by atoms with Crippen LogP contribution in [-0.4, -0.2) is 22.1 Å². The van der Waals surface area contributed by atoms with Crippen LogP contribution in [0, 0.1) is 12.7 Å². The van der Waals surface area contributed by atoms with Crippen LogP contribution >= 0.6 is 24.0 Å². The molecule has 1 saturated carbocycles. The molecular formula is C22H21Cl2FN2O3. The van der Waals surface area contributed by atoms with Crippen molar-refractivity contribution in [1.29, 1.82) is 0 Å². The van der Waals surface area contributed by atoms with Crippen LogP contribution in [0.1, 0.15) is 47.6 Å². The highest BCUT2D eigenvalue weighted by Crippen LogP contribution is 2.38. The van der Waals surface area contributed by atoms with Crippen molar-refractivity contribution >= 4 is 40.9 Å². The molecule has 0 saturated heterocycles. The van der Waals surface area contributed by atoms with Gasteiger partial charge in [0.05, 0.1) is 23.7 Å². The highest BCUT2D eigenvalue weighted by atomic mass is 35.5. The predicted octanol–water partition coefficient (Wildman–Crippen LogP) is 5.18. The lowest BCUT2D eigenvalue weighted by atomic mass is 10.0. The van der Waals surface area contributed by atoms with Crippen molar-refractivity contribution in [3.05, 3.63) is 63.5 Å². The summed E-state index contributed by atoms with van der Waals surface area (Å²) in [6.45, 7) is 3.66. The minimum Gasteiger partial charge on any atom is -0.462 e. The first-order valence-electron chi connectivity index (χ1n) is 9.52. The van der Waals surface area contributed by atoms with Crippen molar-refractivity contribution in [3.8, 4) is 11.1 Å². The van der Waals surface area contributed by atoms with Gasteiger partial charge in [-0.15, -0.1) is 24.0 Å². The van der Waals surface area contributed by atoms with Crippen LogP contribution in [-0.2, 0) is 10.6 Å². The molecule has 0 spiro atoms. The minimum absolute atomic E-state index is 0. The number of pyridine rings is 2. The number of hydrogen-bond acceptors (Lipinski definition) is 4. The molecular weight excluding hydrogens is 430 g/mol. The first-order chi connectivity index (χ1) is 13.9. The van der Waals surface area contributed by atoms with E-state index in [2.05, 4.69) is 4.98 Å². The Kier molecular flexibility index (Phi) is 6.48. The Labute approximate surface area is 184 Å². The lowest BCUT2D eigenvalue weighted by molar-refractivity contribution is 0.0524. The van der Waals surface area contributed by atoms with E-state index >= 15 is 4.39 Å². The number of carbonyl (C=O) groups is 1. The number of fused-ring (bicyclic) bond motifs is 1. The molecule has 1 fully saturated rings. The molecule has 1 aliphatic carbocycles. The quantitative estimate of drug-likeness (QED) is 0.396. The fraction of sp³-hybridized carbons (Fsp3) is 0.318. The Morgan fingerprint density at radius 2 is 2.03 bits per heavy atom. The number of esters is 1. The molecule has 0 radical (unpaired) electrons. The largest absolute Gasteiger partial charge is 0.462 e. The Morgan fingerprint density at radius 3 is 2.67 bits per heavy atom. The van der Waals surface area contributed by atoms with Crippen LogP contribution in [0.5, 0.6) is 0 Å². The zero-order valence-electron chi connectivity index (χ0n) is 16.6. The molecule has 8 heteroatoms. The molecule has 2 aromatic heterocycles. The third-order valence-electron chi connectivity index (χ3n) is 5.01. The number of hydrogen-bond donors (Lipinski definition) is 0. The molecule has 0 bridgehead atoms.